The fraction of sp³-hybridized carbons (Fsp3) is 0.667. The highest BCUT2D eigenvalue weighted by Crippen LogP contribution is 2.24. The summed E-state index contributed by atoms with van der Waals surface area (Å²) < 4.78 is 1.87. The van der Waals surface area contributed by atoms with E-state index in [2.05, 4.69) is 15.4 Å². The molecular weight excluding hydrogens is 232 g/mol. The third-order valence-corrected chi connectivity index (χ3v) is 4.20. The predicted molar refractivity (Wildman–Crippen MR) is 70.7 cm³/mol. The van der Waals surface area contributed by atoms with Crippen molar-refractivity contribution in [1.82, 2.24) is 14.6 Å². The fourth-order valence-corrected chi connectivity index (χ4v) is 3.37. The number of hydrogen-bond donors (Lipinski definition) is 1. The van der Waals surface area contributed by atoms with Crippen LogP contribution in [0, 0.1) is 6.92 Å². The minimum Gasteiger partial charge on any atom is -0.357 e. The molecule has 2 aromatic heterocycles. The monoisotopic (exact) mass is 250 g/mol. The van der Waals surface area contributed by atoms with Gasteiger partial charge in [-0.25, -0.2) is 9.50 Å². The molecule has 0 saturated heterocycles. The molecule has 2 heterocycles. The highest BCUT2D eigenvalue weighted by Gasteiger charge is 2.14. The van der Waals surface area contributed by atoms with Crippen molar-refractivity contribution in [3.05, 3.63) is 11.9 Å². The lowest BCUT2D eigenvalue weighted by molar-refractivity contribution is 0.618. The Morgan fingerprint density at radius 3 is 2.76 bits per heavy atom. The molecule has 17 heavy (non-hydrogen) atoms. The van der Waals surface area contributed by atoms with Crippen molar-refractivity contribution in [2.45, 2.75) is 51.5 Å². The Labute approximate surface area is 105 Å². The zero-order chi connectivity index (χ0) is 11.7. The van der Waals surface area contributed by atoms with Crippen LogP contribution >= 0.6 is 11.3 Å². The van der Waals surface area contributed by atoms with Crippen molar-refractivity contribution in [2.24, 2.45) is 0 Å². The first-order valence-corrected chi connectivity index (χ1v) is 7.22. The average Bonchev–Trinajstić information content (AvgIpc) is 2.69. The second-order valence-electron chi connectivity index (χ2n) is 4.85. The van der Waals surface area contributed by atoms with Crippen molar-refractivity contribution in [3.63, 3.8) is 0 Å². The molecule has 1 aliphatic carbocycles. The van der Waals surface area contributed by atoms with Gasteiger partial charge >= 0.3 is 0 Å². The van der Waals surface area contributed by atoms with Crippen LogP contribution in [-0.4, -0.2) is 20.6 Å². The molecule has 1 fully saturated rings. The molecule has 0 unspecified atom stereocenters. The first kappa shape index (κ1) is 11.0. The highest BCUT2D eigenvalue weighted by atomic mass is 32.1. The molecule has 1 N–H and O–H groups in total. The van der Waals surface area contributed by atoms with Crippen LogP contribution in [-0.2, 0) is 0 Å². The molecule has 0 amide bonds. The number of anilines is 1. The van der Waals surface area contributed by atoms with Crippen LogP contribution in [0.25, 0.3) is 4.96 Å². The topological polar surface area (TPSA) is 42.2 Å². The van der Waals surface area contributed by atoms with Gasteiger partial charge in [0, 0.05) is 6.04 Å². The Balaban J connectivity index is 1.72. The number of aromatic nitrogens is 3. The van der Waals surface area contributed by atoms with Crippen LogP contribution in [0.5, 0.6) is 0 Å². The summed E-state index contributed by atoms with van der Waals surface area (Å²) in [5, 5.41) is 9.10. The first-order chi connectivity index (χ1) is 8.31. The van der Waals surface area contributed by atoms with Crippen molar-refractivity contribution >= 4 is 21.4 Å². The molecule has 0 bridgehead atoms. The molecule has 0 atom stereocenters. The van der Waals surface area contributed by atoms with Crippen molar-refractivity contribution in [1.29, 1.82) is 0 Å². The zero-order valence-corrected chi connectivity index (χ0v) is 11.0. The Morgan fingerprint density at radius 1 is 1.29 bits per heavy atom. The second kappa shape index (κ2) is 4.64. The molecule has 3 rings (SSSR count). The molecule has 2 aromatic rings. The van der Waals surface area contributed by atoms with Gasteiger partial charge in [0.2, 0.25) is 10.1 Å². The Morgan fingerprint density at radius 2 is 2.06 bits per heavy atom. The summed E-state index contributed by atoms with van der Waals surface area (Å²) in [5.74, 6) is 0. The lowest BCUT2D eigenvalue weighted by Gasteiger charge is -2.14. The van der Waals surface area contributed by atoms with Gasteiger partial charge in [-0.1, -0.05) is 37.0 Å². The largest absolute Gasteiger partial charge is 0.357 e. The van der Waals surface area contributed by atoms with Gasteiger partial charge in [0.15, 0.2) is 0 Å². The average molecular weight is 250 g/mol. The Hall–Kier alpha value is -1.10. The molecule has 0 spiro atoms. The number of rotatable bonds is 2. The van der Waals surface area contributed by atoms with E-state index in [4.69, 9.17) is 0 Å². The number of nitrogens with zero attached hydrogens (tertiary/aromatic N) is 3. The van der Waals surface area contributed by atoms with Gasteiger partial charge in [-0.15, -0.1) is 5.10 Å². The maximum atomic E-state index is 4.52. The van der Waals surface area contributed by atoms with E-state index in [0.29, 0.717) is 6.04 Å². The van der Waals surface area contributed by atoms with Crippen molar-refractivity contribution in [2.75, 3.05) is 5.32 Å². The van der Waals surface area contributed by atoms with Gasteiger partial charge in [-0.2, -0.15) is 0 Å². The Kier molecular flexibility index (Phi) is 3.01. The molecule has 0 aromatic carbocycles. The molecule has 0 radical (unpaired) electrons. The van der Waals surface area contributed by atoms with Crippen LogP contribution in [0.4, 0.5) is 5.13 Å². The molecule has 0 aliphatic heterocycles. The number of aryl methyl sites for hydroxylation is 1. The second-order valence-corrected chi connectivity index (χ2v) is 5.81. The quantitative estimate of drug-likeness (QED) is 0.832. The summed E-state index contributed by atoms with van der Waals surface area (Å²) in [6.07, 6.45) is 10.0. The van der Waals surface area contributed by atoms with E-state index in [-0.39, 0.29) is 0 Å². The SMILES string of the molecule is Cc1cn2nc(NC3CCCCCC3)sc2n1. The minimum absolute atomic E-state index is 0.606. The van der Waals surface area contributed by atoms with Crippen LogP contribution in [0.3, 0.4) is 0 Å². The summed E-state index contributed by atoms with van der Waals surface area (Å²) in [6, 6.07) is 0.606. The maximum Gasteiger partial charge on any atom is 0.214 e. The van der Waals surface area contributed by atoms with E-state index in [0.717, 1.165) is 15.8 Å². The van der Waals surface area contributed by atoms with Gasteiger partial charge in [0.1, 0.15) is 0 Å². The number of imidazole rings is 1. The number of fused-ring (bicyclic) bond motifs is 1. The molecule has 92 valence electrons. The van der Waals surface area contributed by atoms with Crippen molar-refractivity contribution < 1.29 is 0 Å². The van der Waals surface area contributed by atoms with E-state index in [1.807, 2.05) is 17.6 Å². The van der Waals surface area contributed by atoms with Crippen molar-refractivity contribution in [3.8, 4) is 0 Å². The van der Waals surface area contributed by atoms with Gasteiger partial charge in [-0.05, 0) is 19.8 Å². The number of nitrogens with one attached hydrogen (secondary N) is 1. The van der Waals surface area contributed by atoms with E-state index in [1.165, 1.54) is 38.5 Å². The lowest BCUT2D eigenvalue weighted by Crippen LogP contribution is -2.18. The van der Waals surface area contributed by atoms with Gasteiger partial charge in [-0.3, -0.25) is 0 Å². The molecule has 4 nitrogen and oxygen atoms in total. The number of hydrogen-bond acceptors (Lipinski definition) is 4. The predicted octanol–water partition coefficient (Wildman–Crippen LogP) is 3.23. The molecule has 1 saturated carbocycles. The minimum atomic E-state index is 0.606. The van der Waals surface area contributed by atoms with Gasteiger partial charge < -0.3 is 5.32 Å². The molecule has 1 aliphatic rings. The van der Waals surface area contributed by atoms with Crippen LogP contribution in [0.1, 0.15) is 44.2 Å². The Bertz CT molecular complexity index is 462. The summed E-state index contributed by atoms with van der Waals surface area (Å²) >= 11 is 1.65. The normalized spacial score (nSPS) is 18.4. The summed E-state index contributed by atoms with van der Waals surface area (Å²) in [5.41, 5.74) is 1.03. The van der Waals surface area contributed by atoms with Crippen LogP contribution in [0.15, 0.2) is 6.20 Å². The third kappa shape index (κ3) is 2.44. The van der Waals surface area contributed by atoms with E-state index in [1.54, 1.807) is 11.3 Å². The van der Waals surface area contributed by atoms with E-state index in [9.17, 15) is 0 Å². The smallest absolute Gasteiger partial charge is 0.214 e. The summed E-state index contributed by atoms with van der Waals surface area (Å²) in [4.78, 5) is 5.41. The zero-order valence-electron chi connectivity index (χ0n) is 10.1. The lowest BCUT2D eigenvalue weighted by atomic mass is 10.1. The van der Waals surface area contributed by atoms with Gasteiger partial charge in [0.05, 0.1) is 11.9 Å². The van der Waals surface area contributed by atoms with Gasteiger partial charge in [0.25, 0.3) is 0 Å². The first-order valence-electron chi connectivity index (χ1n) is 6.40. The van der Waals surface area contributed by atoms with Crippen LogP contribution < -0.4 is 5.32 Å². The molecular formula is C12H18N4S. The van der Waals surface area contributed by atoms with E-state index >= 15 is 0 Å². The molecule has 5 heteroatoms. The standard InChI is InChI=1S/C12H18N4S/c1-9-8-16-12(13-9)17-11(15-16)14-10-6-4-2-3-5-7-10/h8,10H,2-7H2,1H3,(H,14,15). The van der Waals surface area contributed by atoms with E-state index < -0.39 is 0 Å². The fourth-order valence-electron chi connectivity index (χ4n) is 2.47. The maximum absolute atomic E-state index is 4.52. The summed E-state index contributed by atoms with van der Waals surface area (Å²) in [6.45, 7) is 2.00. The highest BCUT2D eigenvalue weighted by molar-refractivity contribution is 7.20. The third-order valence-electron chi connectivity index (χ3n) is 3.35. The van der Waals surface area contributed by atoms with Crippen LogP contribution in [0.2, 0.25) is 0 Å². The summed E-state index contributed by atoms with van der Waals surface area (Å²) in [7, 11) is 0.